The van der Waals surface area contributed by atoms with E-state index in [2.05, 4.69) is 30.7 Å². The summed E-state index contributed by atoms with van der Waals surface area (Å²) in [5, 5.41) is 0. The molecule has 0 bridgehead atoms. The lowest BCUT2D eigenvalue weighted by Crippen LogP contribution is -2.40. The molecule has 1 aliphatic rings. The highest BCUT2D eigenvalue weighted by molar-refractivity contribution is 5.31. The Hall–Kier alpha value is -1.57. The molecule has 1 fully saturated rings. The van der Waals surface area contributed by atoms with Crippen LogP contribution in [0.15, 0.2) is 18.3 Å². The van der Waals surface area contributed by atoms with E-state index in [0.717, 1.165) is 24.3 Å². The number of pyridine rings is 1. The molecular weight excluding hydrogens is 290 g/mol. The number of hydrogen-bond acceptors (Lipinski definition) is 4. The third-order valence-electron chi connectivity index (χ3n) is 3.35. The molecule has 1 saturated carbocycles. The van der Waals surface area contributed by atoms with Crippen molar-refractivity contribution in [1.29, 1.82) is 0 Å². The van der Waals surface area contributed by atoms with Gasteiger partial charge in [0.05, 0.1) is 24.0 Å². The van der Waals surface area contributed by atoms with Crippen LogP contribution in [0.2, 0.25) is 0 Å². The lowest BCUT2D eigenvalue weighted by Gasteiger charge is -2.36. The van der Waals surface area contributed by atoms with E-state index in [9.17, 15) is 0 Å². The molecule has 0 N–H and O–H groups in total. The Balaban J connectivity index is 1.74. The highest BCUT2D eigenvalue weighted by atomic mass is 16.5. The fourth-order valence-electron chi connectivity index (χ4n) is 2.21. The van der Waals surface area contributed by atoms with Crippen LogP contribution >= 0.6 is 0 Å². The summed E-state index contributed by atoms with van der Waals surface area (Å²) in [4.78, 5) is 4.31. The van der Waals surface area contributed by atoms with Crippen molar-refractivity contribution in [3.05, 3.63) is 24.0 Å². The molecule has 4 nitrogen and oxygen atoms in total. The van der Waals surface area contributed by atoms with Gasteiger partial charge in [0.2, 0.25) is 0 Å². The fourth-order valence-corrected chi connectivity index (χ4v) is 2.21. The number of ether oxygens (including phenoxy) is 3. The molecule has 0 spiro atoms. The van der Waals surface area contributed by atoms with Gasteiger partial charge in [-0.25, -0.2) is 4.98 Å². The molecule has 0 aliphatic heterocycles. The van der Waals surface area contributed by atoms with Gasteiger partial charge >= 0.3 is 0 Å². The lowest BCUT2D eigenvalue weighted by molar-refractivity contribution is -0.0850. The van der Waals surface area contributed by atoms with E-state index >= 15 is 0 Å². The van der Waals surface area contributed by atoms with Crippen LogP contribution in [-0.4, -0.2) is 35.5 Å². The Morgan fingerprint density at radius 2 is 1.96 bits per heavy atom. The maximum absolute atomic E-state index is 5.87. The van der Waals surface area contributed by atoms with Gasteiger partial charge in [-0.15, -0.1) is 0 Å². The van der Waals surface area contributed by atoms with Gasteiger partial charge < -0.3 is 14.2 Å². The molecule has 0 amide bonds. The van der Waals surface area contributed by atoms with Gasteiger partial charge in [-0.05, 0) is 52.7 Å². The van der Waals surface area contributed by atoms with Crippen LogP contribution < -0.4 is 4.74 Å². The minimum atomic E-state index is -0.167. The Kier molecular flexibility index (Phi) is 6.04. The van der Waals surface area contributed by atoms with Crippen LogP contribution in [0.3, 0.4) is 0 Å². The molecule has 0 saturated heterocycles. The summed E-state index contributed by atoms with van der Waals surface area (Å²) in [5.74, 6) is 6.75. The normalized spacial score (nSPS) is 20.6. The lowest BCUT2D eigenvalue weighted by atomic mass is 9.92. The average molecular weight is 317 g/mol. The molecule has 0 radical (unpaired) electrons. The van der Waals surface area contributed by atoms with E-state index in [4.69, 9.17) is 14.2 Å². The maximum atomic E-state index is 5.87. The molecule has 1 aliphatic carbocycles. The second-order valence-corrected chi connectivity index (χ2v) is 7.10. The molecule has 1 aromatic rings. The van der Waals surface area contributed by atoms with E-state index in [1.807, 2.05) is 32.9 Å². The van der Waals surface area contributed by atoms with Crippen LogP contribution in [0.25, 0.3) is 0 Å². The Morgan fingerprint density at radius 1 is 1.22 bits per heavy atom. The van der Waals surface area contributed by atoms with Crippen LogP contribution in [0.4, 0.5) is 0 Å². The van der Waals surface area contributed by atoms with Crippen molar-refractivity contribution < 1.29 is 14.2 Å². The maximum Gasteiger partial charge on any atom is 0.138 e. The predicted molar refractivity (Wildman–Crippen MR) is 90.5 cm³/mol. The highest BCUT2D eigenvalue weighted by Crippen LogP contribution is 2.28. The van der Waals surface area contributed by atoms with Crippen molar-refractivity contribution in [3.8, 4) is 17.6 Å². The quantitative estimate of drug-likeness (QED) is 0.778. The molecule has 23 heavy (non-hydrogen) atoms. The van der Waals surface area contributed by atoms with Crippen molar-refractivity contribution in [2.75, 3.05) is 6.61 Å². The first-order valence-electron chi connectivity index (χ1n) is 8.23. The van der Waals surface area contributed by atoms with E-state index in [1.165, 1.54) is 0 Å². The molecule has 126 valence electrons. The summed E-state index contributed by atoms with van der Waals surface area (Å²) in [5.41, 5.74) is 0.559. The Morgan fingerprint density at radius 3 is 2.52 bits per heavy atom. The monoisotopic (exact) mass is 317 g/mol. The van der Waals surface area contributed by atoms with Crippen molar-refractivity contribution in [1.82, 2.24) is 4.98 Å². The van der Waals surface area contributed by atoms with E-state index in [1.54, 1.807) is 6.20 Å². The molecule has 2 rings (SSSR count). The van der Waals surface area contributed by atoms with E-state index < -0.39 is 0 Å². The molecule has 4 heteroatoms. The van der Waals surface area contributed by atoms with Crippen molar-refractivity contribution in [3.63, 3.8) is 0 Å². The van der Waals surface area contributed by atoms with Crippen molar-refractivity contribution in [2.24, 2.45) is 0 Å². The van der Waals surface area contributed by atoms with E-state index in [0.29, 0.717) is 12.7 Å². The second kappa shape index (κ2) is 7.81. The zero-order chi connectivity index (χ0) is 16.9. The number of hydrogen-bond donors (Lipinski definition) is 0. The highest BCUT2D eigenvalue weighted by Gasteiger charge is 2.32. The minimum Gasteiger partial charge on any atom is -0.489 e. The second-order valence-electron chi connectivity index (χ2n) is 7.10. The summed E-state index contributed by atoms with van der Waals surface area (Å²) < 4.78 is 17.1. The first-order chi connectivity index (χ1) is 10.8. The summed E-state index contributed by atoms with van der Waals surface area (Å²) in [6, 6.07) is 3.79. The topological polar surface area (TPSA) is 40.6 Å². The van der Waals surface area contributed by atoms with Crippen molar-refractivity contribution in [2.45, 2.75) is 71.4 Å². The first kappa shape index (κ1) is 17.8. The SMILES string of the molecule is CC(C)OC1CC(Oc2ccc(C#CCOC(C)(C)C)nc2)C1. The Labute approximate surface area is 139 Å². The van der Waals surface area contributed by atoms with Crippen LogP contribution in [0.1, 0.15) is 53.2 Å². The average Bonchev–Trinajstić information content (AvgIpc) is 2.41. The van der Waals surface area contributed by atoms with Crippen LogP contribution in [-0.2, 0) is 9.47 Å². The van der Waals surface area contributed by atoms with Crippen LogP contribution in [0, 0.1) is 11.8 Å². The number of nitrogens with zero attached hydrogens (tertiary/aromatic N) is 1. The Bertz CT molecular complexity index is 543. The van der Waals surface area contributed by atoms with Gasteiger partial charge in [0, 0.05) is 12.8 Å². The zero-order valence-electron chi connectivity index (χ0n) is 14.8. The van der Waals surface area contributed by atoms with Gasteiger partial charge in [-0.3, -0.25) is 0 Å². The summed E-state index contributed by atoms with van der Waals surface area (Å²) in [6.07, 6.45) is 4.47. The summed E-state index contributed by atoms with van der Waals surface area (Å²) >= 11 is 0. The molecular formula is C19H27NO3. The minimum absolute atomic E-state index is 0.167. The van der Waals surface area contributed by atoms with E-state index in [-0.39, 0.29) is 17.8 Å². The molecule has 0 unspecified atom stereocenters. The van der Waals surface area contributed by atoms with Crippen LogP contribution in [0.5, 0.6) is 5.75 Å². The third kappa shape index (κ3) is 6.60. The molecule has 1 aromatic heterocycles. The summed E-state index contributed by atoms with van der Waals surface area (Å²) in [7, 11) is 0. The first-order valence-corrected chi connectivity index (χ1v) is 8.23. The van der Waals surface area contributed by atoms with Gasteiger partial charge in [0.25, 0.3) is 0 Å². The van der Waals surface area contributed by atoms with Gasteiger partial charge in [0.1, 0.15) is 24.2 Å². The number of rotatable bonds is 5. The largest absolute Gasteiger partial charge is 0.489 e. The molecule has 0 aromatic carbocycles. The smallest absolute Gasteiger partial charge is 0.138 e. The molecule has 0 atom stereocenters. The molecule has 1 heterocycles. The van der Waals surface area contributed by atoms with Gasteiger partial charge in [-0.2, -0.15) is 0 Å². The van der Waals surface area contributed by atoms with Gasteiger partial charge in [0.15, 0.2) is 0 Å². The van der Waals surface area contributed by atoms with Gasteiger partial charge in [-0.1, -0.05) is 5.92 Å². The number of aromatic nitrogens is 1. The van der Waals surface area contributed by atoms with Crippen molar-refractivity contribution >= 4 is 0 Å². The fraction of sp³-hybridized carbons (Fsp3) is 0.632. The summed E-state index contributed by atoms with van der Waals surface area (Å²) in [6.45, 7) is 10.6. The standard InChI is InChI=1S/C19H27NO3/c1-14(2)22-17-11-18(12-17)23-16-9-8-15(20-13-16)7-6-10-21-19(3,4)5/h8-9,13-14,17-18H,10-12H2,1-5H3. The predicted octanol–water partition coefficient (Wildman–Crippen LogP) is 3.58. The zero-order valence-corrected chi connectivity index (χ0v) is 14.8. The third-order valence-corrected chi connectivity index (χ3v) is 3.35.